The molecule has 0 spiro atoms. The second kappa shape index (κ2) is 6.72. The van der Waals surface area contributed by atoms with Gasteiger partial charge in [0.05, 0.1) is 14.2 Å². The molecule has 140 valence electrons. The first-order valence-electron chi connectivity index (χ1n) is 9.36. The fraction of sp³-hybridized carbons (Fsp3) is 0.600. The normalized spacial score (nSPS) is 31.4. The second-order valence-corrected chi connectivity index (χ2v) is 8.55. The zero-order chi connectivity index (χ0) is 18.3. The molecule has 0 atom stereocenters. The Morgan fingerprint density at radius 1 is 1.04 bits per heavy atom. The molecule has 0 heterocycles. The first-order valence-corrected chi connectivity index (χ1v) is 9.77. The summed E-state index contributed by atoms with van der Waals surface area (Å²) in [5.74, 6) is 3.10. The van der Waals surface area contributed by atoms with Crippen molar-refractivity contribution < 1.29 is 14.3 Å². The number of amides is 1. The maximum absolute atomic E-state index is 12.8. The average molecular weight is 375 g/mol. The maximum Gasteiger partial charge on any atom is 0.264 e. The molecular formula is C20H26N2O3S. The molecule has 5 nitrogen and oxygen atoms in total. The van der Waals surface area contributed by atoms with E-state index in [1.807, 2.05) is 0 Å². The predicted octanol–water partition coefficient (Wildman–Crippen LogP) is 3.28. The van der Waals surface area contributed by atoms with E-state index >= 15 is 0 Å². The van der Waals surface area contributed by atoms with Crippen LogP contribution < -0.4 is 20.1 Å². The van der Waals surface area contributed by atoms with Crippen LogP contribution >= 0.6 is 12.2 Å². The topological polar surface area (TPSA) is 59.6 Å². The Balaban J connectivity index is 1.47. The fourth-order valence-corrected chi connectivity index (χ4v) is 6.09. The summed E-state index contributed by atoms with van der Waals surface area (Å²) in [6, 6.07) is 5.28. The molecule has 1 aromatic carbocycles. The Morgan fingerprint density at radius 3 is 2.00 bits per heavy atom. The summed E-state index contributed by atoms with van der Waals surface area (Å²) in [6.07, 6.45) is 7.64. The lowest BCUT2D eigenvalue weighted by Gasteiger charge is -2.57. The van der Waals surface area contributed by atoms with Crippen molar-refractivity contribution in [2.24, 2.45) is 17.8 Å². The SMILES string of the molecule is COc1cccc(OC)c1C(=O)NC(=S)NC12CC3CC(CC(C3)C1)C2. The number of thiocarbonyl (C=S) groups is 1. The van der Waals surface area contributed by atoms with Gasteiger partial charge in [0.1, 0.15) is 17.1 Å². The van der Waals surface area contributed by atoms with Crippen LogP contribution in [0, 0.1) is 17.8 Å². The molecule has 6 heteroatoms. The molecule has 4 aliphatic rings. The van der Waals surface area contributed by atoms with Gasteiger partial charge in [-0.2, -0.15) is 0 Å². The van der Waals surface area contributed by atoms with E-state index in [2.05, 4.69) is 10.6 Å². The number of carbonyl (C=O) groups is 1. The fourth-order valence-electron chi connectivity index (χ4n) is 5.78. The highest BCUT2D eigenvalue weighted by Gasteiger charge is 2.51. The number of ether oxygens (including phenoxy) is 2. The molecule has 2 N–H and O–H groups in total. The maximum atomic E-state index is 12.8. The summed E-state index contributed by atoms with van der Waals surface area (Å²) in [6.45, 7) is 0. The van der Waals surface area contributed by atoms with Gasteiger partial charge in [0, 0.05) is 5.54 Å². The molecule has 4 bridgehead atoms. The molecule has 1 aromatic rings. The van der Waals surface area contributed by atoms with Crippen molar-refractivity contribution in [3.63, 3.8) is 0 Å². The van der Waals surface area contributed by atoms with Gasteiger partial charge in [-0.05, 0) is 80.6 Å². The number of hydrogen-bond acceptors (Lipinski definition) is 4. The Bertz CT molecular complexity index is 676. The summed E-state index contributed by atoms with van der Waals surface area (Å²) < 4.78 is 10.6. The Hall–Kier alpha value is -1.82. The van der Waals surface area contributed by atoms with Gasteiger partial charge in [0.2, 0.25) is 0 Å². The summed E-state index contributed by atoms with van der Waals surface area (Å²) in [4.78, 5) is 12.8. The molecule has 26 heavy (non-hydrogen) atoms. The number of rotatable bonds is 4. The minimum atomic E-state index is -0.304. The number of nitrogens with one attached hydrogen (secondary N) is 2. The highest BCUT2D eigenvalue weighted by molar-refractivity contribution is 7.80. The van der Waals surface area contributed by atoms with Crippen molar-refractivity contribution in [3.8, 4) is 11.5 Å². The first kappa shape index (κ1) is 17.6. The average Bonchev–Trinajstić information content (AvgIpc) is 2.58. The van der Waals surface area contributed by atoms with Crippen molar-refractivity contribution in [2.45, 2.75) is 44.1 Å². The van der Waals surface area contributed by atoms with E-state index in [1.54, 1.807) is 18.2 Å². The molecule has 1 amide bonds. The molecule has 4 fully saturated rings. The van der Waals surface area contributed by atoms with Crippen molar-refractivity contribution in [3.05, 3.63) is 23.8 Å². The van der Waals surface area contributed by atoms with Gasteiger partial charge in [-0.3, -0.25) is 10.1 Å². The highest BCUT2D eigenvalue weighted by atomic mass is 32.1. The van der Waals surface area contributed by atoms with E-state index in [4.69, 9.17) is 21.7 Å². The van der Waals surface area contributed by atoms with Crippen molar-refractivity contribution in [2.75, 3.05) is 14.2 Å². The third kappa shape index (κ3) is 3.15. The van der Waals surface area contributed by atoms with Crippen molar-refractivity contribution in [1.29, 1.82) is 0 Å². The molecule has 0 aromatic heterocycles. The smallest absolute Gasteiger partial charge is 0.264 e. The quantitative estimate of drug-likeness (QED) is 0.792. The Kier molecular flexibility index (Phi) is 4.55. The molecule has 0 unspecified atom stereocenters. The lowest BCUT2D eigenvalue weighted by molar-refractivity contribution is -0.0101. The van der Waals surface area contributed by atoms with Gasteiger partial charge in [-0.15, -0.1) is 0 Å². The van der Waals surface area contributed by atoms with Crippen LogP contribution in [0.1, 0.15) is 48.9 Å². The molecule has 5 rings (SSSR count). The van der Waals surface area contributed by atoms with Crippen molar-refractivity contribution >= 4 is 23.2 Å². The largest absolute Gasteiger partial charge is 0.496 e. The van der Waals surface area contributed by atoms with Crippen LogP contribution in [0.15, 0.2) is 18.2 Å². The third-order valence-electron chi connectivity index (χ3n) is 6.30. The number of carbonyl (C=O) groups excluding carboxylic acids is 1. The molecule has 0 saturated heterocycles. The van der Waals surface area contributed by atoms with Gasteiger partial charge in [0.15, 0.2) is 5.11 Å². The van der Waals surface area contributed by atoms with E-state index in [0.29, 0.717) is 22.2 Å². The second-order valence-electron chi connectivity index (χ2n) is 8.14. The third-order valence-corrected chi connectivity index (χ3v) is 6.50. The molecular weight excluding hydrogens is 348 g/mol. The van der Waals surface area contributed by atoms with Crippen LogP contribution in [0.3, 0.4) is 0 Å². The van der Waals surface area contributed by atoms with Crippen LogP contribution in [0.5, 0.6) is 11.5 Å². The van der Waals surface area contributed by atoms with Gasteiger partial charge in [-0.25, -0.2) is 0 Å². The lowest BCUT2D eigenvalue weighted by atomic mass is 9.53. The van der Waals surface area contributed by atoms with Crippen LogP contribution in [0.2, 0.25) is 0 Å². The summed E-state index contributed by atoms with van der Waals surface area (Å²) in [5, 5.41) is 6.77. The highest BCUT2D eigenvalue weighted by Crippen LogP contribution is 2.55. The summed E-state index contributed by atoms with van der Waals surface area (Å²) >= 11 is 5.50. The predicted molar refractivity (Wildman–Crippen MR) is 104 cm³/mol. The van der Waals surface area contributed by atoms with Crippen molar-refractivity contribution in [1.82, 2.24) is 10.6 Å². The number of benzene rings is 1. The van der Waals surface area contributed by atoms with Gasteiger partial charge in [0.25, 0.3) is 5.91 Å². The number of hydrogen-bond donors (Lipinski definition) is 2. The lowest BCUT2D eigenvalue weighted by Crippen LogP contribution is -2.61. The van der Waals surface area contributed by atoms with Crippen LogP contribution in [0.4, 0.5) is 0 Å². The standard InChI is InChI=1S/C20H26N2O3S/c1-24-15-4-3-5-16(25-2)17(15)18(23)21-19(26)22-20-9-12-6-13(10-20)8-14(7-12)11-20/h3-5,12-14H,6-11H2,1-2H3,(H2,21,22,23,26). The molecule has 0 radical (unpaired) electrons. The van der Waals surface area contributed by atoms with Gasteiger partial charge < -0.3 is 14.8 Å². The van der Waals surface area contributed by atoms with Crippen LogP contribution in [-0.2, 0) is 0 Å². The minimum absolute atomic E-state index is 0.0734. The van der Waals surface area contributed by atoms with Gasteiger partial charge in [-0.1, -0.05) is 6.07 Å². The molecule has 0 aliphatic heterocycles. The summed E-state index contributed by atoms with van der Waals surface area (Å²) in [5.41, 5.74) is 0.441. The van der Waals surface area contributed by atoms with Crippen LogP contribution in [0.25, 0.3) is 0 Å². The number of methoxy groups -OCH3 is 2. The Labute approximate surface area is 159 Å². The zero-order valence-electron chi connectivity index (χ0n) is 15.3. The Morgan fingerprint density at radius 2 is 1.54 bits per heavy atom. The first-order chi connectivity index (χ1) is 12.5. The van der Waals surface area contributed by atoms with E-state index in [0.717, 1.165) is 17.8 Å². The van der Waals surface area contributed by atoms with E-state index in [9.17, 15) is 4.79 Å². The minimum Gasteiger partial charge on any atom is -0.496 e. The van der Waals surface area contributed by atoms with Gasteiger partial charge >= 0.3 is 0 Å². The van der Waals surface area contributed by atoms with Crippen LogP contribution in [-0.4, -0.2) is 30.8 Å². The summed E-state index contributed by atoms with van der Waals surface area (Å²) in [7, 11) is 3.08. The molecule has 4 saturated carbocycles. The molecule has 4 aliphatic carbocycles. The van der Waals surface area contributed by atoms with E-state index in [1.165, 1.54) is 52.7 Å². The van der Waals surface area contributed by atoms with E-state index < -0.39 is 0 Å². The monoisotopic (exact) mass is 374 g/mol. The van der Waals surface area contributed by atoms with E-state index in [-0.39, 0.29) is 11.4 Å². The zero-order valence-corrected chi connectivity index (χ0v) is 16.2.